The maximum atomic E-state index is 13.1. The van der Waals surface area contributed by atoms with Crippen molar-refractivity contribution in [2.45, 2.75) is 57.9 Å². The summed E-state index contributed by atoms with van der Waals surface area (Å²) < 4.78 is 7.00. The Balaban J connectivity index is 1.95. The molecule has 0 N–H and O–H groups in total. The van der Waals surface area contributed by atoms with E-state index in [-0.39, 0.29) is 28.9 Å². The van der Waals surface area contributed by atoms with Crippen LogP contribution < -0.4 is 10.4 Å². The van der Waals surface area contributed by atoms with Crippen LogP contribution in [0.5, 0.6) is 0 Å². The maximum absolute atomic E-state index is 13.1. The van der Waals surface area contributed by atoms with Crippen LogP contribution in [-0.2, 0) is 14.0 Å². The van der Waals surface area contributed by atoms with Gasteiger partial charge in [-0.05, 0) is 27.4 Å². The molecule has 0 spiro atoms. The zero-order valence-electron chi connectivity index (χ0n) is 20.8. The number of benzene rings is 3. The number of ketones is 2. The van der Waals surface area contributed by atoms with Crippen molar-refractivity contribution in [1.29, 1.82) is 0 Å². The quantitative estimate of drug-likeness (QED) is 0.267. The summed E-state index contributed by atoms with van der Waals surface area (Å²) in [5, 5.41) is 2.31. The van der Waals surface area contributed by atoms with E-state index in [4.69, 9.17) is 4.43 Å². The van der Waals surface area contributed by atoms with E-state index < -0.39 is 8.32 Å². The standard InChI is InChI=1S/C30H36O3Si/c1-5-25(31)23-29(32)28(24-15-9-6-10-16-24)21-22-33-34(30(2,3)4,26-17-11-7-12-18-26)27-19-13-8-14-20-27/h6-20,28H,5,21-23H2,1-4H3. The third-order valence-corrected chi connectivity index (χ3v) is 11.5. The summed E-state index contributed by atoms with van der Waals surface area (Å²) >= 11 is 0. The van der Waals surface area contributed by atoms with Crippen molar-refractivity contribution in [2.24, 2.45) is 0 Å². The second-order valence-electron chi connectivity index (χ2n) is 9.80. The molecule has 0 aromatic heterocycles. The molecule has 34 heavy (non-hydrogen) atoms. The summed E-state index contributed by atoms with van der Waals surface area (Å²) in [7, 11) is -2.67. The Morgan fingerprint density at radius 1 is 0.794 bits per heavy atom. The van der Waals surface area contributed by atoms with Gasteiger partial charge in [-0.15, -0.1) is 0 Å². The molecular weight excluding hydrogens is 436 g/mol. The van der Waals surface area contributed by atoms with Gasteiger partial charge in [0, 0.05) is 18.9 Å². The van der Waals surface area contributed by atoms with Gasteiger partial charge in [0.25, 0.3) is 8.32 Å². The second-order valence-corrected chi connectivity index (χ2v) is 14.1. The highest BCUT2D eigenvalue weighted by Gasteiger charge is 2.50. The molecule has 0 fully saturated rings. The van der Waals surface area contributed by atoms with E-state index in [9.17, 15) is 9.59 Å². The van der Waals surface area contributed by atoms with E-state index in [1.165, 1.54) is 10.4 Å². The lowest BCUT2D eigenvalue weighted by molar-refractivity contribution is -0.127. The van der Waals surface area contributed by atoms with Crippen LogP contribution in [0, 0.1) is 0 Å². The fourth-order valence-electron chi connectivity index (χ4n) is 4.73. The molecule has 1 atom stereocenters. The zero-order chi connectivity index (χ0) is 24.6. The second kappa shape index (κ2) is 11.5. The van der Waals surface area contributed by atoms with Crippen LogP contribution in [0.4, 0.5) is 0 Å². The van der Waals surface area contributed by atoms with Gasteiger partial charge in [-0.3, -0.25) is 9.59 Å². The Hall–Kier alpha value is -2.82. The van der Waals surface area contributed by atoms with E-state index >= 15 is 0 Å². The van der Waals surface area contributed by atoms with Crippen LogP contribution in [0.2, 0.25) is 5.04 Å². The topological polar surface area (TPSA) is 43.4 Å². The predicted molar refractivity (Wildman–Crippen MR) is 142 cm³/mol. The molecule has 4 heteroatoms. The highest BCUT2D eigenvalue weighted by atomic mass is 28.4. The van der Waals surface area contributed by atoms with Gasteiger partial charge in [-0.1, -0.05) is 119 Å². The molecule has 0 aliphatic heterocycles. The van der Waals surface area contributed by atoms with E-state index in [1.54, 1.807) is 6.92 Å². The number of carbonyl (C=O) groups is 2. The summed E-state index contributed by atoms with van der Waals surface area (Å²) in [4.78, 5) is 25.2. The molecule has 0 bridgehead atoms. The summed E-state index contributed by atoms with van der Waals surface area (Å²) in [6, 6.07) is 30.8. The fraction of sp³-hybridized carbons (Fsp3) is 0.333. The molecular formula is C30H36O3Si. The van der Waals surface area contributed by atoms with Gasteiger partial charge >= 0.3 is 0 Å². The Bertz CT molecular complexity index is 1020. The Morgan fingerprint density at radius 2 is 1.26 bits per heavy atom. The Morgan fingerprint density at radius 3 is 1.71 bits per heavy atom. The van der Waals surface area contributed by atoms with Crippen molar-refractivity contribution in [2.75, 3.05) is 6.61 Å². The monoisotopic (exact) mass is 472 g/mol. The maximum Gasteiger partial charge on any atom is 0.261 e. The first-order valence-corrected chi connectivity index (χ1v) is 14.0. The van der Waals surface area contributed by atoms with E-state index in [0.29, 0.717) is 19.4 Å². The molecule has 0 radical (unpaired) electrons. The van der Waals surface area contributed by atoms with Gasteiger partial charge in [-0.25, -0.2) is 0 Å². The first-order chi connectivity index (χ1) is 16.3. The van der Waals surface area contributed by atoms with E-state index in [2.05, 4.69) is 69.3 Å². The molecule has 3 nitrogen and oxygen atoms in total. The molecule has 3 aromatic carbocycles. The molecule has 0 saturated carbocycles. The minimum atomic E-state index is -2.67. The van der Waals surface area contributed by atoms with Crippen LogP contribution in [0.15, 0.2) is 91.0 Å². The van der Waals surface area contributed by atoms with Crippen LogP contribution in [0.1, 0.15) is 58.4 Å². The lowest BCUT2D eigenvalue weighted by Gasteiger charge is -2.43. The highest BCUT2D eigenvalue weighted by Crippen LogP contribution is 2.37. The molecule has 0 aliphatic rings. The average Bonchev–Trinajstić information content (AvgIpc) is 2.85. The van der Waals surface area contributed by atoms with Crippen LogP contribution in [-0.4, -0.2) is 26.5 Å². The largest absolute Gasteiger partial charge is 0.407 e. The van der Waals surface area contributed by atoms with Crippen molar-refractivity contribution in [3.05, 3.63) is 96.6 Å². The molecule has 3 aromatic rings. The third kappa shape index (κ3) is 5.80. The Labute approximate surface area is 205 Å². The third-order valence-electron chi connectivity index (χ3n) is 6.50. The minimum Gasteiger partial charge on any atom is -0.407 e. The van der Waals surface area contributed by atoms with Crippen molar-refractivity contribution in [3.8, 4) is 0 Å². The van der Waals surface area contributed by atoms with E-state index in [0.717, 1.165) is 5.56 Å². The molecule has 3 rings (SSSR count). The normalized spacial score (nSPS) is 12.8. The van der Waals surface area contributed by atoms with Gasteiger partial charge < -0.3 is 4.43 Å². The minimum absolute atomic E-state index is 0.0150. The lowest BCUT2D eigenvalue weighted by atomic mass is 9.89. The number of carbonyl (C=O) groups excluding carboxylic acids is 2. The molecule has 0 saturated heterocycles. The van der Waals surface area contributed by atoms with Gasteiger partial charge in [0.05, 0.1) is 6.42 Å². The van der Waals surface area contributed by atoms with Crippen molar-refractivity contribution in [3.63, 3.8) is 0 Å². The smallest absolute Gasteiger partial charge is 0.261 e. The molecule has 178 valence electrons. The van der Waals surface area contributed by atoms with E-state index in [1.807, 2.05) is 42.5 Å². The summed E-state index contributed by atoms with van der Waals surface area (Å²) in [6.07, 6.45) is 0.908. The highest BCUT2D eigenvalue weighted by molar-refractivity contribution is 6.99. The molecule has 1 unspecified atom stereocenters. The molecule has 0 heterocycles. The van der Waals surface area contributed by atoms with Crippen molar-refractivity contribution in [1.82, 2.24) is 0 Å². The zero-order valence-corrected chi connectivity index (χ0v) is 21.8. The molecule has 0 aliphatic carbocycles. The van der Waals surface area contributed by atoms with Gasteiger partial charge in [0.15, 0.2) is 0 Å². The SMILES string of the molecule is CCC(=O)CC(=O)C(CCO[Si](c1ccccc1)(c1ccccc1)C(C)(C)C)c1ccccc1. The van der Waals surface area contributed by atoms with Crippen LogP contribution >= 0.6 is 0 Å². The van der Waals surface area contributed by atoms with Crippen molar-refractivity contribution >= 4 is 30.3 Å². The fourth-order valence-corrected chi connectivity index (χ4v) is 9.31. The van der Waals surface area contributed by atoms with Crippen LogP contribution in [0.3, 0.4) is 0 Å². The lowest BCUT2D eigenvalue weighted by Crippen LogP contribution is -2.66. The van der Waals surface area contributed by atoms with Crippen LogP contribution in [0.25, 0.3) is 0 Å². The number of hydrogen-bond acceptors (Lipinski definition) is 3. The number of rotatable bonds is 11. The van der Waals surface area contributed by atoms with Gasteiger partial charge in [0.1, 0.15) is 11.6 Å². The predicted octanol–water partition coefficient (Wildman–Crippen LogP) is 5.68. The average molecular weight is 473 g/mol. The Kier molecular flexibility index (Phi) is 8.76. The molecule has 0 amide bonds. The summed E-state index contributed by atoms with van der Waals surface area (Å²) in [5.41, 5.74) is 0.947. The first kappa shape index (κ1) is 25.8. The number of hydrogen-bond donors (Lipinski definition) is 0. The number of Topliss-reactive ketones (excluding diaryl/α,β-unsaturated/α-hetero) is 2. The van der Waals surface area contributed by atoms with Crippen molar-refractivity contribution < 1.29 is 14.0 Å². The van der Waals surface area contributed by atoms with Gasteiger partial charge in [-0.2, -0.15) is 0 Å². The first-order valence-electron chi connectivity index (χ1n) is 12.1. The van der Waals surface area contributed by atoms with Gasteiger partial charge in [0.2, 0.25) is 0 Å². The summed E-state index contributed by atoms with van der Waals surface area (Å²) in [5.74, 6) is -0.391. The summed E-state index contributed by atoms with van der Waals surface area (Å²) in [6.45, 7) is 9.00.